The average molecular weight is 442 g/mol. The first-order chi connectivity index (χ1) is 16.3. The molecule has 1 atom stereocenters. The van der Waals surface area contributed by atoms with E-state index >= 15 is 0 Å². The molecule has 2 aromatic carbocycles. The van der Waals surface area contributed by atoms with Gasteiger partial charge < -0.3 is 10.1 Å². The fourth-order valence-electron chi connectivity index (χ4n) is 6.26. The summed E-state index contributed by atoms with van der Waals surface area (Å²) < 4.78 is 5.87. The van der Waals surface area contributed by atoms with E-state index in [0.29, 0.717) is 12.2 Å². The number of nitriles is 1. The monoisotopic (exact) mass is 441 g/mol. The second-order valence-corrected chi connectivity index (χ2v) is 9.74. The van der Waals surface area contributed by atoms with E-state index in [0.717, 1.165) is 57.1 Å². The Bertz CT molecular complexity index is 1020. The van der Waals surface area contributed by atoms with Crippen LogP contribution >= 0.6 is 0 Å². The Balaban J connectivity index is 1.22. The van der Waals surface area contributed by atoms with Crippen molar-refractivity contribution in [2.45, 2.75) is 50.5 Å². The first kappa shape index (κ1) is 22.2. The van der Waals surface area contributed by atoms with Gasteiger partial charge in [0, 0.05) is 26.2 Å². The van der Waals surface area contributed by atoms with Gasteiger partial charge in [0.05, 0.1) is 23.8 Å². The summed E-state index contributed by atoms with van der Waals surface area (Å²) in [6.45, 7) is 5.01. The maximum absolute atomic E-state index is 8.91. The smallest absolute Gasteiger partial charge is 0.119 e. The molecule has 0 aromatic heterocycles. The van der Waals surface area contributed by atoms with Crippen LogP contribution in [0.4, 0.5) is 0 Å². The van der Waals surface area contributed by atoms with Gasteiger partial charge in [0.2, 0.25) is 0 Å². The highest BCUT2D eigenvalue weighted by Gasteiger charge is 2.46. The first-order valence-corrected chi connectivity index (χ1v) is 12.7. The largest absolute Gasteiger partial charge is 0.494 e. The SMILES string of the molecule is N#Cc1ccc(OCCCN2CC=C(C3(C4CCCC4)NCCc4ccccc43)CC2)cc1. The van der Waals surface area contributed by atoms with Gasteiger partial charge in [0.1, 0.15) is 5.75 Å². The highest BCUT2D eigenvalue weighted by molar-refractivity contribution is 5.45. The van der Waals surface area contributed by atoms with Crippen LogP contribution in [0, 0.1) is 17.2 Å². The molecule has 1 fully saturated rings. The van der Waals surface area contributed by atoms with Crippen molar-refractivity contribution >= 4 is 0 Å². The summed E-state index contributed by atoms with van der Waals surface area (Å²) in [6.07, 6.45) is 11.3. The Hall–Kier alpha value is -2.61. The van der Waals surface area contributed by atoms with E-state index < -0.39 is 0 Å². The molecule has 172 valence electrons. The molecular formula is C29H35N3O. The van der Waals surface area contributed by atoms with Gasteiger partial charge >= 0.3 is 0 Å². The number of fused-ring (bicyclic) bond motifs is 1. The Morgan fingerprint density at radius 2 is 1.88 bits per heavy atom. The number of rotatable bonds is 7. The van der Waals surface area contributed by atoms with Crippen molar-refractivity contribution in [3.05, 3.63) is 76.9 Å². The van der Waals surface area contributed by atoms with E-state index in [4.69, 9.17) is 10.00 Å². The molecule has 1 aliphatic carbocycles. The molecule has 2 aromatic rings. The highest BCUT2D eigenvalue weighted by Crippen LogP contribution is 2.49. The average Bonchev–Trinajstić information content (AvgIpc) is 3.43. The summed E-state index contributed by atoms with van der Waals surface area (Å²) in [7, 11) is 0. The van der Waals surface area contributed by atoms with Crippen LogP contribution in [0.5, 0.6) is 5.75 Å². The van der Waals surface area contributed by atoms with Gasteiger partial charge in [-0.15, -0.1) is 0 Å². The van der Waals surface area contributed by atoms with Crippen molar-refractivity contribution in [3.63, 3.8) is 0 Å². The third kappa shape index (κ3) is 4.58. The standard InChI is InChI=1S/C29H35N3O/c30-22-23-10-12-27(13-11-23)33-21-5-18-32-19-15-26(16-20-32)29(25-7-2-3-8-25)28-9-4-1-6-24(28)14-17-31-29/h1,4,6,9-13,15,25,31H,2-3,5,7-8,14,16-21H2. The number of hydrogen-bond donors (Lipinski definition) is 1. The van der Waals surface area contributed by atoms with E-state index in [1.807, 2.05) is 24.3 Å². The Morgan fingerprint density at radius 1 is 1.06 bits per heavy atom. The molecule has 33 heavy (non-hydrogen) atoms. The van der Waals surface area contributed by atoms with Gasteiger partial charge in [-0.25, -0.2) is 0 Å². The molecule has 5 rings (SSSR count). The molecule has 4 heteroatoms. The van der Waals surface area contributed by atoms with Crippen molar-refractivity contribution < 1.29 is 4.74 Å². The zero-order valence-corrected chi connectivity index (χ0v) is 19.6. The lowest BCUT2D eigenvalue weighted by Gasteiger charge is -2.48. The van der Waals surface area contributed by atoms with Gasteiger partial charge in [-0.2, -0.15) is 5.26 Å². The highest BCUT2D eigenvalue weighted by atomic mass is 16.5. The maximum Gasteiger partial charge on any atom is 0.119 e. The first-order valence-electron chi connectivity index (χ1n) is 12.7. The van der Waals surface area contributed by atoms with E-state index in [2.05, 4.69) is 46.6 Å². The number of benzene rings is 2. The molecule has 2 heterocycles. The normalized spacial score (nSPS) is 23.5. The Kier molecular flexibility index (Phi) is 6.80. The molecule has 4 nitrogen and oxygen atoms in total. The van der Waals surface area contributed by atoms with Crippen LogP contribution in [0.15, 0.2) is 60.2 Å². The summed E-state index contributed by atoms with van der Waals surface area (Å²) in [4.78, 5) is 2.56. The molecule has 0 radical (unpaired) electrons. The lowest BCUT2D eigenvalue weighted by atomic mass is 9.67. The molecule has 3 aliphatic rings. The third-order valence-corrected chi connectivity index (χ3v) is 7.88. The van der Waals surface area contributed by atoms with E-state index in [1.54, 1.807) is 16.7 Å². The van der Waals surface area contributed by atoms with Gasteiger partial charge in [-0.05, 0) is 79.0 Å². The Morgan fingerprint density at radius 3 is 2.64 bits per heavy atom. The lowest BCUT2D eigenvalue weighted by Crippen LogP contribution is -2.54. The van der Waals surface area contributed by atoms with Crippen LogP contribution in [0.2, 0.25) is 0 Å². The summed E-state index contributed by atoms with van der Waals surface area (Å²) in [6, 6.07) is 18.7. The van der Waals surface area contributed by atoms with Crippen LogP contribution in [-0.4, -0.2) is 37.7 Å². The van der Waals surface area contributed by atoms with Gasteiger partial charge in [0.15, 0.2) is 0 Å². The van der Waals surface area contributed by atoms with Gasteiger partial charge in [0.25, 0.3) is 0 Å². The van der Waals surface area contributed by atoms with Crippen LogP contribution in [0.1, 0.15) is 55.2 Å². The third-order valence-electron chi connectivity index (χ3n) is 7.88. The van der Waals surface area contributed by atoms with Crippen LogP contribution in [0.25, 0.3) is 0 Å². The quantitative estimate of drug-likeness (QED) is 0.474. The zero-order chi connectivity index (χ0) is 22.5. The second-order valence-electron chi connectivity index (χ2n) is 9.74. The van der Waals surface area contributed by atoms with E-state index in [1.165, 1.54) is 25.7 Å². The van der Waals surface area contributed by atoms with Crippen LogP contribution < -0.4 is 10.1 Å². The predicted molar refractivity (Wildman–Crippen MR) is 132 cm³/mol. The molecule has 2 aliphatic heterocycles. The second kappa shape index (κ2) is 10.1. The van der Waals surface area contributed by atoms with Crippen molar-refractivity contribution in [1.29, 1.82) is 5.26 Å². The number of ether oxygens (including phenoxy) is 1. The Labute approximate surface area is 198 Å². The topological polar surface area (TPSA) is 48.3 Å². The molecule has 0 spiro atoms. The number of nitrogens with one attached hydrogen (secondary N) is 1. The molecular weight excluding hydrogens is 406 g/mol. The minimum Gasteiger partial charge on any atom is -0.494 e. The number of nitrogens with zero attached hydrogens (tertiary/aromatic N) is 2. The summed E-state index contributed by atoms with van der Waals surface area (Å²) in [5, 5.41) is 13.0. The minimum atomic E-state index is 0.0517. The van der Waals surface area contributed by atoms with Crippen LogP contribution in [-0.2, 0) is 12.0 Å². The van der Waals surface area contributed by atoms with E-state index in [-0.39, 0.29) is 5.54 Å². The van der Waals surface area contributed by atoms with Gasteiger partial charge in [-0.1, -0.05) is 43.2 Å². The van der Waals surface area contributed by atoms with E-state index in [9.17, 15) is 0 Å². The predicted octanol–water partition coefficient (Wildman–Crippen LogP) is 5.19. The summed E-state index contributed by atoms with van der Waals surface area (Å²) >= 11 is 0. The van der Waals surface area contributed by atoms with Gasteiger partial charge in [-0.3, -0.25) is 4.90 Å². The zero-order valence-electron chi connectivity index (χ0n) is 19.6. The molecule has 0 amide bonds. The molecule has 0 bridgehead atoms. The minimum absolute atomic E-state index is 0.0517. The number of hydrogen-bond acceptors (Lipinski definition) is 4. The summed E-state index contributed by atoms with van der Waals surface area (Å²) in [5.74, 6) is 1.56. The van der Waals surface area contributed by atoms with Crippen molar-refractivity contribution in [1.82, 2.24) is 10.2 Å². The molecule has 1 unspecified atom stereocenters. The molecule has 1 saturated carbocycles. The van der Waals surface area contributed by atoms with Crippen molar-refractivity contribution in [2.75, 3.05) is 32.8 Å². The fourth-order valence-corrected chi connectivity index (χ4v) is 6.26. The van der Waals surface area contributed by atoms with Crippen molar-refractivity contribution in [3.8, 4) is 11.8 Å². The van der Waals surface area contributed by atoms with Crippen molar-refractivity contribution in [2.24, 2.45) is 5.92 Å². The molecule has 0 saturated heterocycles. The molecule has 1 N–H and O–H groups in total. The summed E-state index contributed by atoms with van der Waals surface area (Å²) in [5.41, 5.74) is 5.45. The maximum atomic E-state index is 8.91. The lowest BCUT2D eigenvalue weighted by molar-refractivity contribution is 0.206. The fraction of sp³-hybridized carbons (Fsp3) is 0.483. The van der Waals surface area contributed by atoms with Crippen LogP contribution in [0.3, 0.4) is 0 Å².